The first-order valence-corrected chi connectivity index (χ1v) is 6.78. The van der Waals surface area contributed by atoms with Gasteiger partial charge in [0.05, 0.1) is 6.26 Å². The number of hydrogen-bond donors (Lipinski definition) is 1. The molecule has 0 atom stereocenters. The van der Waals surface area contributed by atoms with Crippen LogP contribution in [0.5, 0.6) is 11.5 Å². The minimum absolute atomic E-state index is 0.0900. The highest BCUT2D eigenvalue weighted by Gasteiger charge is 2.22. The summed E-state index contributed by atoms with van der Waals surface area (Å²) in [5, 5.41) is 2.51. The molecule has 0 radical (unpaired) electrons. The van der Waals surface area contributed by atoms with E-state index in [4.69, 9.17) is 9.15 Å². The van der Waals surface area contributed by atoms with E-state index in [1.54, 1.807) is 6.07 Å². The number of furan rings is 1. The number of ether oxygens (including phenoxy) is 1. The van der Waals surface area contributed by atoms with Crippen LogP contribution in [0.2, 0.25) is 0 Å². The van der Waals surface area contributed by atoms with Crippen LogP contribution in [0.15, 0.2) is 47.1 Å². The topological polar surface area (TPSA) is 64.4 Å². The Balaban J connectivity index is 1.77. The van der Waals surface area contributed by atoms with Gasteiger partial charge in [-0.25, -0.2) is 0 Å². The van der Waals surface area contributed by atoms with E-state index in [-0.39, 0.29) is 11.5 Å². The SMILES string of the molecule is O=C(Nc1ccc(Oc2c(F)c(F)nc(F)c2F)cc1)c1ccco1. The van der Waals surface area contributed by atoms with Crippen LogP contribution in [0.3, 0.4) is 0 Å². The zero-order chi connectivity index (χ0) is 18.0. The summed E-state index contributed by atoms with van der Waals surface area (Å²) in [4.78, 5) is 14.2. The van der Waals surface area contributed by atoms with Crippen molar-refractivity contribution in [2.45, 2.75) is 0 Å². The zero-order valence-corrected chi connectivity index (χ0v) is 12.2. The summed E-state index contributed by atoms with van der Waals surface area (Å²) in [5.41, 5.74) is 0.335. The lowest BCUT2D eigenvalue weighted by Crippen LogP contribution is -2.10. The summed E-state index contributed by atoms with van der Waals surface area (Å²) in [6.07, 6.45) is 1.34. The van der Waals surface area contributed by atoms with Crippen LogP contribution >= 0.6 is 0 Å². The highest BCUT2D eigenvalue weighted by atomic mass is 19.2. The molecular weight excluding hydrogens is 344 g/mol. The second-order valence-corrected chi connectivity index (χ2v) is 4.71. The van der Waals surface area contributed by atoms with Crippen LogP contribution in [0, 0.1) is 23.5 Å². The summed E-state index contributed by atoms with van der Waals surface area (Å²) in [5.74, 6) is -8.94. The molecule has 25 heavy (non-hydrogen) atoms. The van der Waals surface area contributed by atoms with Gasteiger partial charge in [0.1, 0.15) is 5.75 Å². The lowest BCUT2D eigenvalue weighted by Gasteiger charge is -2.09. The summed E-state index contributed by atoms with van der Waals surface area (Å²) >= 11 is 0. The number of carbonyl (C=O) groups excluding carboxylic acids is 1. The van der Waals surface area contributed by atoms with E-state index in [0.29, 0.717) is 5.69 Å². The fraction of sp³-hybridized carbons (Fsp3) is 0. The Hall–Kier alpha value is -3.36. The van der Waals surface area contributed by atoms with Crippen LogP contribution in [0.4, 0.5) is 23.2 Å². The van der Waals surface area contributed by atoms with Crippen molar-refractivity contribution in [3.63, 3.8) is 0 Å². The summed E-state index contributed by atoms with van der Waals surface area (Å²) in [7, 11) is 0. The van der Waals surface area contributed by atoms with Gasteiger partial charge in [-0.3, -0.25) is 4.79 Å². The number of amides is 1. The molecule has 1 N–H and O–H groups in total. The van der Waals surface area contributed by atoms with E-state index in [2.05, 4.69) is 10.3 Å². The Bertz CT molecular complexity index is 886. The minimum Gasteiger partial charge on any atom is -0.459 e. The molecule has 0 unspecified atom stereocenters. The molecule has 0 fully saturated rings. The van der Waals surface area contributed by atoms with Crippen molar-refractivity contribution < 1.29 is 31.5 Å². The van der Waals surface area contributed by atoms with Crippen molar-refractivity contribution in [3.8, 4) is 11.5 Å². The standard InChI is InChI=1S/C16H8F4N2O3/c17-11-13(12(18)15(20)22-14(11)19)25-9-5-3-8(4-6-9)21-16(23)10-2-1-7-24-10/h1-7H,(H,21,23). The fourth-order valence-corrected chi connectivity index (χ4v) is 1.88. The first-order valence-electron chi connectivity index (χ1n) is 6.78. The van der Waals surface area contributed by atoms with Crippen molar-refractivity contribution in [2.24, 2.45) is 0 Å². The lowest BCUT2D eigenvalue weighted by atomic mass is 10.3. The molecule has 2 heterocycles. The summed E-state index contributed by atoms with van der Waals surface area (Å²) in [6.45, 7) is 0. The molecule has 1 amide bonds. The number of aromatic nitrogens is 1. The van der Waals surface area contributed by atoms with E-state index in [0.717, 1.165) is 0 Å². The van der Waals surface area contributed by atoms with Crippen molar-refractivity contribution in [2.75, 3.05) is 5.32 Å². The number of pyridine rings is 1. The van der Waals surface area contributed by atoms with Gasteiger partial charge in [0.25, 0.3) is 17.8 Å². The molecule has 0 spiro atoms. The Labute approximate surface area is 137 Å². The van der Waals surface area contributed by atoms with Crippen molar-refractivity contribution in [1.29, 1.82) is 0 Å². The van der Waals surface area contributed by atoms with E-state index in [1.165, 1.54) is 36.6 Å². The Morgan fingerprint density at radius 3 is 2.20 bits per heavy atom. The van der Waals surface area contributed by atoms with Gasteiger partial charge in [-0.2, -0.15) is 22.5 Å². The van der Waals surface area contributed by atoms with Crippen LogP contribution in [0.25, 0.3) is 0 Å². The smallest absolute Gasteiger partial charge is 0.291 e. The van der Waals surface area contributed by atoms with Gasteiger partial charge in [0.2, 0.25) is 17.4 Å². The third-order valence-corrected chi connectivity index (χ3v) is 3.03. The molecule has 5 nitrogen and oxygen atoms in total. The van der Waals surface area contributed by atoms with Gasteiger partial charge in [-0.1, -0.05) is 0 Å². The van der Waals surface area contributed by atoms with Crippen molar-refractivity contribution in [1.82, 2.24) is 4.98 Å². The molecular formula is C16H8F4N2O3. The highest BCUT2D eigenvalue weighted by Crippen LogP contribution is 2.30. The highest BCUT2D eigenvalue weighted by molar-refractivity contribution is 6.02. The van der Waals surface area contributed by atoms with Gasteiger partial charge in [-0.05, 0) is 36.4 Å². The van der Waals surface area contributed by atoms with Crippen LogP contribution in [-0.4, -0.2) is 10.9 Å². The molecule has 3 aromatic rings. The molecule has 0 saturated heterocycles. The maximum atomic E-state index is 13.5. The Morgan fingerprint density at radius 1 is 1.00 bits per heavy atom. The van der Waals surface area contributed by atoms with E-state index >= 15 is 0 Å². The average Bonchev–Trinajstić information content (AvgIpc) is 3.13. The first kappa shape index (κ1) is 16.5. The fourth-order valence-electron chi connectivity index (χ4n) is 1.88. The number of anilines is 1. The molecule has 3 rings (SSSR count). The number of carbonyl (C=O) groups is 1. The molecule has 0 bridgehead atoms. The number of hydrogen-bond acceptors (Lipinski definition) is 4. The number of nitrogens with zero attached hydrogens (tertiary/aromatic N) is 1. The Kier molecular flexibility index (Phi) is 4.38. The molecule has 0 aliphatic heterocycles. The third kappa shape index (κ3) is 3.44. The third-order valence-electron chi connectivity index (χ3n) is 3.03. The number of rotatable bonds is 4. The van der Waals surface area contributed by atoms with Crippen molar-refractivity contribution in [3.05, 3.63) is 72.0 Å². The van der Waals surface area contributed by atoms with Gasteiger partial charge >= 0.3 is 0 Å². The summed E-state index contributed by atoms with van der Waals surface area (Å²) in [6, 6.07) is 8.21. The number of benzene rings is 1. The molecule has 0 aliphatic rings. The second kappa shape index (κ2) is 6.63. The molecule has 128 valence electrons. The first-order chi connectivity index (χ1) is 12.0. The van der Waals surface area contributed by atoms with Gasteiger partial charge in [-0.15, -0.1) is 0 Å². The maximum Gasteiger partial charge on any atom is 0.291 e. The predicted octanol–water partition coefficient (Wildman–Crippen LogP) is 4.28. The lowest BCUT2D eigenvalue weighted by molar-refractivity contribution is 0.0996. The molecule has 0 saturated carbocycles. The number of halogens is 4. The average molecular weight is 352 g/mol. The molecule has 0 aliphatic carbocycles. The molecule has 1 aromatic carbocycles. The quantitative estimate of drug-likeness (QED) is 0.562. The monoisotopic (exact) mass is 352 g/mol. The van der Waals surface area contributed by atoms with Gasteiger partial charge in [0.15, 0.2) is 5.76 Å². The van der Waals surface area contributed by atoms with Crippen LogP contribution in [0.1, 0.15) is 10.6 Å². The van der Waals surface area contributed by atoms with Gasteiger partial charge in [0, 0.05) is 5.69 Å². The van der Waals surface area contributed by atoms with E-state index in [9.17, 15) is 22.4 Å². The summed E-state index contributed by atoms with van der Waals surface area (Å²) < 4.78 is 62.8. The second-order valence-electron chi connectivity index (χ2n) is 4.71. The maximum absolute atomic E-state index is 13.5. The number of nitrogens with one attached hydrogen (secondary N) is 1. The minimum atomic E-state index is -1.82. The van der Waals surface area contributed by atoms with E-state index < -0.39 is 35.2 Å². The normalized spacial score (nSPS) is 10.6. The molecule has 9 heteroatoms. The van der Waals surface area contributed by atoms with Crippen LogP contribution in [-0.2, 0) is 0 Å². The predicted molar refractivity (Wildman–Crippen MR) is 77.2 cm³/mol. The van der Waals surface area contributed by atoms with E-state index in [1.807, 2.05) is 0 Å². The zero-order valence-electron chi connectivity index (χ0n) is 12.2. The van der Waals surface area contributed by atoms with Crippen LogP contribution < -0.4 is 10.1 Å². The Morgan fingerprint density at radius 2 is 1.64 bits per heavy atom. The van der Waals surface area contributed by atoms with Gasteiger partial charge < -0.3 is 14.5 Å². The molecule has 2 aromatic heterocycles. The van der Waals surface area contributed by atoms with Crippen molar-refractivity contribution >= 4 is 11.6 Å². The largest absolute Gasteiger partial charge is 0.459 e.